The number of aliphatic hydroxyl groups is 1. The lowest BCUT2D eigenvalue weighted by Crippen LogP contribution is -2.47. The van der Waals surface area contributed by atoms with Crippen molar-refractivity contribution in [2.45, 2.75) is 5.22 Å². The molecule has 20 heavy (non-hydrogen) atoms. The molecule has 0 saturated carbocycles. The molecule has 0 atom stereocenters. The zero-order valence-electron chi connectivity index (χ0n) is 10.6. The SMILES string of the molecule is OCC1(CSc2nnc(-c3ccccc3Cl)o2)COC1. The van der Waals surface area contributed by atoms with Crippen LogP contribution in [0.25, 0.3) is 11.5 Å². The number of thioether (sulfide) groups is 1. The van der Waals surface area contributed by atoms with Crippen LogP contribution >= 0.6 is 23.4 Å². The number of ether oxygens (including phenoxy) is 1. The molecular formula is C13H13ClN2O3S. The van der Waals surface area contributed by atoms with Gasteiger partial charge in [-0.15, -0.1) is 10.2 Å². The lowest BCUT2D eigenvalue weighted by atomic mass is 9.90. The van der Waals surface area contributed by atoms with Gasteiger partial charge in [-0.25, -0.2) is 0 Å². The average Bonchev–Trinajstić information content (AvgIpc) is 2.87. The lowest BCUT2D eigenvalue weighted by molar-refractivity contribution is -0.121. The van der Waals surface area contributed by atoms with Gasteiger partial charge in [0.25, 0.3) is 5.22 Å². The summed E-state index contributed by atoms with van der Waals surface area (Å²) in [5.74, 6) is 1.09. The lowest BCUT2D eigenvalue weighted by Gasteiger charge is -2.39. The van der Waals surface area contributed by atoms with Crippen LogP contribution in [0.3, 0.4) is 0 Å². The minimum absolute atomic E-state index is 0.103. The second-order valence-electron chi connectivity index (χ2n) is 4.79. The van der Waals surface area contributed by atoms with Crippen LogP contribution in [0.2, 0.25) is 5.02 Å². The zero-order chi connectivity index (χ0) is 14.0. The molecule has 1 fully saturated rings. The highest BCUT2D eigenvalue weighted by Crippen LogP contribution is 2.35. The van der Waals surface area contributed by atoms with Crippen molar-refractivity contribution in [2.24, 2.45) is 5.41 Å². The number of halogens is 1. The molecule has 0 unspecified atom stereocenters. The smallest absolute Gasteiger partial charge is 0.276 e. The molecule has 1 N–H and O–H groups in total. The Kier molecular flexibility index (Phi) is 3.98. The highest BCUT2D eigenvalue weighted by Gasteiger charge is 2.38. The molecule has 0 radical (unpaired) electrons. The third-order valence-corrected chi connectivity index (χ3v) is 4.66. The second-order valence-corrected chi connectivity index (χ2v) is 6.13. The molecule has 1 aliphatic heterocycles. The van der Waals surface area contributed by atoms with E-state index in [0.29, 0.717) is 35.1 Å². The molecule has 5 nitrogen and oxygen atoms in total. The van der Waals surface area contributed by atoms with Gasteiger partial charge < -0.3 is 14.3 Å². The van der Waals surface area contributed by atoms with E-state index in [2.05, 4.69) is 10.2 Å². The Bertz CT molecular complexity index is 595. The molecule has 1 aromatic carbocycles. The van der Waals surface area contributed by atoms with Crippen molar-refractivity contribution < 1.29 is 14.3 Å². The Morgan fingerprint density at radius 1 is 1.30 bits per heavy atom. The molecule has 3 rings (SSSR count). The van der Waals surface area contributed by atoms with E-state index in [1.54, 1.807) is 6.07 Å². The van der Waals surface area contributed by atoms with Crippen molar-refractivity contribution >= 4 is 23.4 Å². The van der Waals surface area contributed by atoms with Crippen LogP contribution in [0.1, 0.15) is 0 Å². The second kappa shape index (κ2) is 5.73. The van der Waals surface area contributed by atoms with Crippen LogP contribution in [0.15, 0.2) is 33.9 Å². The predicted octanol–water partition coefficient (Wildman–Crippen LogP) is 2.49. The first kappa shape index (κ1) is 13.9. The van der Waals surface area contributed by atoms with Crippen molar-refractivity contribution in [1.29, 1.82) is 0 Å². The van der Waals surface area contributed by atoms with Crippen molar-refractivity contribution in [3.05, 3.63) is 29.3 Å². The maximum absolute atomic E-state index is 9.36. The minimum atomic E-state index is -0.177. The minimum Gasteiger partial charge on any atom is -0.411 e. The van der Waals surface area contributed by atoms with Crippen molar-refractivity contribution in [1.82, 2.24) is 10.2 Å². The quantitative estimate of drug-likeness (QED) is 0.856. The first-order valence-electron chi connectivity index (χ1n) is 6.12. The van der Waals surface area contributed by atoms with Crippen LogP contribution < -0.4 is 0 Å². The molecule has 0 spiro atoms. The van der Waals surface area contributed by atoms with Crippen LogP contribution in [0, 0.1) is 5.41 Å². The zero-order valence-corrected chi connectivity index (χ0v) is 12.2. The molecule has 106 valence electrons. The van der Waals surface area contributed by atoms with Crippen LogP contribution in [-0.4, -0.2) is 40.9 Å². The van der Waals surface area contributed by atoms with E-state index in [-0.39, 0.29) is 12.0 Å². The summed E-state index contributed by atoms with van der Waals surface area (Å²) in [6.07, 6.45) is 0. The summed E-state index contributed by atoms with van der Waals surface area (Å²) in [7, 11) is 0. The van der Waals surface area contributed by atoms with Gasteiger partial charge in [-0.3, -0.25) is 0 Å². The van der Waals surface area contributed by atoms with Gasteiger partial charge in [0.15, 0.2) is 0 Å². The van der Waals surface area contributed by atoms with E-state index in [0.717, 1.165) is 5.56 Å². The maximum atomic E-state index is 9.36. The van der Waals surface area contributed by atoms with Gasteiger partial charge in [-0.2, -0.15) is 0 Å². The third-order valence-electron chi connectivity index (χ3n) is 3.16. The van der Waals surface area contributed by atoms with Crippen LogP contribution in [-0.2, 0) is 4.74 Å². The molecule has 2 heterocycles. The van der Waals surface area contributed by atoms with Crippen LogP contribution in [0.5, 0.6) is 0 Å². The summed E-state index contributed by atoms with van der Waals surface area (Å²) >= 11 is 7.51. The Balaban J connectivity index is 1.70. The van der Waals surface area contributed by atoms with Crippen molar-refractivity contribution in [2.75, 3.05) is 25.6 Å². The summed E-state index contributed by atoms with van der Waals surface area (Å²) in [5, 5.41) is 18.4. The summed E-state index contributed by atoms with van der Waals surface area (Å²) < 4.78 is 10.7. The van der Waals surface area contributed by atoms with Gasteiger partial charge in [-0.05, 0) is 12.1 Å². The Morgan fingerprint density at radius 2 is 2.10 bits per heavy atom. The number of benzene rings is 1. The molecule has 1 aliphatic rings. The Labute approximate surface area is 125 Å². The summed E-state index contributed by atoms with van der Waals surface area (Å²) in [6, 6.07) is 7.32. The average molecular weight is 313 g/mol. The monoisotopic (exact) mass is 312 g/mol. The Hall–Kier alpha value is -1.08. The molecule has 1 saturated heterocycles. The Morgan fingerprint density at radius 3 is 2.75 bits per heavy atom. The topological polar surface area (TPSA) is 68.4 Å². The number of aliphatic hydroxyl groups excluding tert-OH is 1. The number of aromatic nitrogens is 2. The first-order chi connectivity index (χ1) is 9.72. The molecule has 1 aromatic heterocycles. The van der Waals surface area contributed by atoms with E-state index < -0.39 is 0 Å². The predicted molar refractivity (Wildman–Crippen MR) is 75.8 cm³/mol. The molecule has 7 heteroatoms. The van der Waals surface area contributed by atoms with Gasteiger partial charge in [0.1, 0.15) is 0 Å². The van der Waals surface area contributed by atoms with Gasteiger partial charge in [0.05, 0.1) is 30.4 Å². The molecular weight excluding hydrogens is 300 g/mol. The maximum Gasteiger partial charge on any atom is 0.276 e. The third kappa shape index (κ3) is 2.69. The van der Waals surface area contributed by atoms with Gasteiger partial charge in [-0.1, -0.05) is 35.5 Å². The van der Waals surface area contributed by atoms with E-state index in [1.807, 2.05) is 18.2 Å². The van der Waals surface area contributed by atoms with Crippen LogP contribution in [0.4, 0.5) is 0 Å². The van der Waals surface area contributed by atoms with Gasteiger partial charge in [0.2, 0.25) is 5.89 Å². The summed E-state index contributed by atoms with van der Waals surface area (Å²) in [6.45, 7) is 1.25. The normalized spacial score (nSPS) is 16.9. The highest BCUT2D eigenvalue weighted by molar-refractivity contribution is 7.99. The first-order valence-corrected chi connectivity index (χ1v) is 7.49. The number of hydrogen-bond donors (Lipinski definition) is 1. The van der Waals surface area contributed by atoms with Gasteiger partial charge in [0, 0.05) is 11.2 Å². The number of nitrogens with zero attached hydrogens (tertiary/aromatic N) is 2. The van der Waals surface area contributed by atoms with E-state index in [1.165, 1.54) is 11.8 Å². The fraction of sp³-hybridized carbons (Fsp3) is 0.385. The number of hydrogen-bond acceptors (Lipinski definition) is 6. The number of rotatable bonds is 5. The van der Waals surface area contributed by atoms with E-state index in [9.17, 15) is 5.11 Å². The van der Waals surface area contributed by atoms with Gasteiger partial charge >= 0.3 is 0 Å². The fourth-order valence-electron chi connectivity index (χ4n) is 1.84. The highest BCUT2D eigenvalue weighted by atomic mass is 35.5. The molecule has 0 amide bonds. The summed E-state index contributed by atoms with van der Waals surface area (Å²) in [4.78, 5) is 0. The van der Waals surface area contributed by atoms with E-state index in [4.69, 9.17) is 20.8 Å². The van der Waals surface area contributed by atoms with E-state index >= 15 is 0 Å². The standard InChI is InChI=1S/C13H13ClN2O3S/c14-10-4-2-1-3-9(10)11-15-16-12(19-11)20-8-13(5-17)6-18-7-13/h1-4,17H,5-8H2. The largest absolute Gasteiger partial charge is 0.411 e. The molecule has 0 bridgehead atoms. The van der Waals surface area contributed by atoms with Crippen molar-refractivity contribution in [3.8, 4) is 11.5 Å². The summed E-state index contributed by atoms with van der Waals surface area (Å²) in [5.41, 5.74) is 0.543. The fourth-order valence-corrected chi connectivity index (χ4v) is 2.98. The molecule has 0 aliphatic carbocycles. The van der Waals surface area contributed by atoms with Crippen molar-refractivity contribution in [3.63, 3.8) is 0 Å². The molecule has 2 aromatic rings.